The highest BCUT2D eigenvalue weighted by Crippen LogP contribution is 2.28. The lowest BCUT2D eigenvalue weighted by Crippen LogP contribution is -2.48. The van der Waals surface area contributed by atoms with Crippen LogP contribution in [0, 0.1) is 0 Å². The van der Waals surface area contributed by atoms with Crippen molar-refractivity contribution >= 4 is 21.6 Å². The lowest BCUT2D eigenvalue weighted by atomic mass is 10.1. The molecule has 6 nitrogen and oxygen atoms in total. The molecule has 1 saturated heterocycles. The lowest BCUT2D eigenvalue weighted by molar-refractivity contribution is 0.0989. The summed E-state index contributed by atoms with van der Waals surface area (Å²) >= 11 is 0. The van der Waals surface area contributed by atoms with E-state index in [0.717, 1.165) is 43.9 Å². The molecule has 0 aromatic heterocycles. The topological polar surface area (TPSA) is 60.9 Å². The van der Waals surface area contributed by atoms with Crippen molar-refractivity contribution in [3.8, 4) is 0 Å². The summed E-state index contributed by atoms with van der Waals surface area (Å²) in [6.07, 6.45) is 0.903. The van der Waals surface area contributed by atoms with Gasteiger partial charge < -0.3 is 4.90 Å². The van der Waals surface area contributed by atoms with Gasteiger partial charge >= 0.3 is 0 Å². The summed E-state index contributed by atoms with van der Waals surface area (Å²) in [6, 6.07) is 15.9. The number of hydrogen-bond donors (Lipinski definition) is 0. The second kappa shape index (κ2) is 8.26. The van der Waals surface area contributed by atoms with E-state index in [1.54, 1.807) is 11.2 Å². The summed E-state index contributed by atoms with van der Waals surface area (Å²) in [5.41, 5.74) is 4.07. The van der Waals surface area contributed by atoms with Gasteiger partial charge in [-0.1, -0.05) is 30.3 Å². The first kappa shape index (κ1) is 20.1. The van der Waals surface area contributed by atoms with Crippen LogP contribution in [0.25, 0.3) is 0 Å². The molecule has 1 fully saturated rings. The Balaban J connectivity index is 1.36. The van der Waals surface area contributed by atoms with Gasteiger partial charge in [0.15, 0.2) is 0 Å². The van der Waals surface area contributed by atoms with Crippen LogP contribution in [-0.4, -0.2) is 62.0 Å². The minimum atomic E-state index is -3.10. The molecule has 0 aliphatic carbocycles. The molecule has 4 rings (SSSR count). The molecule has 2 aliphatic rings. The Kier molecular flexibility index (Phi) is 5.72. The average molecular weight is 414 g/mol. The molecule has 0 bridgehead atoms. The third-order valence-corrected chi connectivity index (χ3v) is 7.71. The van der Waals surface area contributed by atoms with Crippen molar-refractivity contribution < 1.29 is 13.2 Å². The number of amides is 1. The molecule has 1 amide bonds. The SMILES string of the molecule is CCS(=O)(=O)N1CCN(Cc2ccc(C(=O)N3CCc4ccccc43)cc2)CC1. The zero-order valence-electron chi connectivity index (χ0n) is 16.8. The van der Waals surface area contributed by atoms with Gasteiger partial charge in [0.1, 0.15) is 0 Å². The van der Waals surface area contributed by atoms with Gasteiger partial charge in [-0.05, 0) is 42.7 Å². The third kappa shape index (κ3) is 4.22. The van der Waals surface area contributed by atoms with E-state index < -0.39 is 10.0 Å². The van der Waals surface area contributed by atoms with Crippen LogP contribution in [0.4, 0.5) is 5.69 Å². The van der Waals surface area contributed by atoms with Gasteiger partial charge in [0, 0.05) is 50.5 Å². The number of piperazine rings is 1. The Hall–Kier alpha value is -2.22. The van der Waals surface area contributed by atoms with Crippen molar-refractivity contribution in [2.75, 3.05) is 43.4 Å². The molecule has 0 radical (unpaired) electrons. The van der Waals surface area contributed by atoms with E-state index in [1.165, 1.54) is 5.56 Å². The zero-order chi connectivity index (χ0) is 20.4. The number of benzene rings is 2. The maximum Gasteiger partial charge on any atom is 0.258 e. The van der Waals surface area contributed by atoms with Gasteiger partial charge in [-0.25, -0.2) is 8.42 Å². The molecule has 0 spiro atoms. The highest BCUT2D eigenvalue weighted by molar-refractivity contribution is 7.89. The third-order valence-electron chi connectivity index (χ3n) is 5.83. The van der Waals surface area contributed by atoms with Crippen LogP contribution in [0.15, 0.2) is 48.5 Å². The number of sulfonamides is 1. The maximum absolute atomic E-state index is 12.9. The minimum absolute atomic E-state index is 0.0416. The first-order valence-electron chi connectivity index (χ1n) is 10.2. The molecule has 0 atom stereocenters. The number of nitrogens with zero attached hydrogens (tertiary/aromatic N) is 3. The number of hydrogen-bond acceptors (Lipinski definition) is 4. The van der Waals surface area contributed by atoms with Gasteiger partial charge in [-0.2, -0.15) is 4.31 Å². The number of fused-ring (bicyclic) bond motifs is 1. The zero-order valence-corrected chi connectivity index (χ0v) is 17.6. The average Bonchev–Trinajstić information content (AvgIpc) is 3.18. The molecule has 0 N–H and O–H groups in total. The molecule has 2 aromatic carbocycles. The van der Waals surface area contributed by atoms with Gasteiger partial charge in [0.05, 0.1) is 5.75 Å². The van der Waals surface area contributed by atoms with Gasteiger partial charge in [-0.15, -0.1) is 0 Å². The molecule has 29 heavy (non-hydrogen) atoms. The molecule has 7 heteroatoms. The molecule has 0 unspecified atom stereocenters. The van der Waals surface area contributed by atoms with Crippen molar-refractivity contribution in [3.63, 3.8) is 0 Å². The molecular formula is C22H27N3O3S. The fourth-order valence-corrected chi connectivity index (χ4v) is 5.15. The number of rotatable bonds is 5. The predicted octanol–water partition coefficient (Wildman–Crippen LogP) is 2.36. The van der Waals surface area contributed by atoms with E-state index in [1.807, 2.05) is 47.4 Å². The highest BCUT2D eigenvalue weighted by Gasteiger charge is 2.26. The van der Waals surface area contributed by atoms with E-state index in [-0.39, 0.29) is 11.7 Å². The molecule has 2 aliphatic heterocycles. The van der Waals surface area contributed by atoms with Gasteiger partial charge in [0.2, 0.25) is 10.0 Å². The summed E-state index contributed by atoms with van der Waals surface area (Å²) in [7, 11) is -3.10. The Morgan fingerprint density at radius 1 is 0.931 bits per heavy atom. The maximum atomic E-state index is 12.9. The largest absolute Gasteiger partial charge is 0.308 e. The van der Waals surface area contributed by atoms with E-state index in [4.69, 9.17) is 0 Å². The summed E-state index contributed by atoms with van der Waals surface area (Å²) in [6.45, 7) is 5.72. The second-order valence-electron chi connectivity index (χ2n) is 7.61. The predicted molar refractivity (Wildman–Crippen MR) is 115 cm³/mol. The van der Waals surface area contributed by atoms with Crippen LogP contribution in [0.2, 0.25) is 0 Å². The van der Waals surface area contributed by atoms with Gasteiger partial charge in [0.25, 0.3) is 5.91 Å². The number of para-hydroxylation sites is 1. The van der Waals surface area contributed by atoms with Crippen LogP contribution >= 0.6 is 0 Å². The Labute approximate surface area is 172 Å². The summed E-state index contributed by atoms with van der Waals surface area (Å²) in [4.78, 5) is 17.0. The summed E-state index contributed by atoms with van der Waals surface area (Å²) < 4.78 is 25.5. The number of carbonyl (C=O) groups excluding carboxylic acids is 1. The first-order chi connectivity index (χ1) is 14.0. The fourth-order valence-electron chi connectivity index (χ4n) is 4.06. The molecule has 0 saturated carbocycles. The van der Waals surface area contributed by atoms with Crippen molar-refractivity contribution in [2.45, 2.75) is 19.9 Å². The van der Waals surface area contributed by atoms with Crippen LogP contribution in [0.5, 0.6) is 0 Å². The van der Waals surface area contributed by atoms with Gasteiger partial charge in [-0.3, -0.25) is 9.69 Å². The van der Waals surface area contributed by atoms with E-state index in [9.17, 15) is 13.2 Å². The molecular weight excluding hydrogens is 386 g/mol. The molecule has 2 heterocycles. The van der Waals surface area contributed by atoms with Crippen molar-refractivity contribution in [1.82, 2.24) is 9.21 Å². The first-order valence-corrected chi connectivity index (χ1v) is 11.8. The second-order valence-corrected chi connectivity index (χ2v) is 9.87. The number of carbonyl (C=O) groups is 1. The van der Waals surface area contributed by atoms with Crippen LogP contribution in [0.1, 0.15) is 28.4 Å². The lowest BCUT2D eigenvalue weighted by Gasteiger charge is -2.33. The molecule has 2 aromatic rings. The quantitative estimate of drug-likeness (QED) is 0.755. The fraction of sp³-hybridized carbons (Fsp3) is 0.409. The van der Waals surface area contributed by atoms with Crippen molar-refractivity contribution in [1.29, 1.82) is 0 Å². The van der Waals surface area contributed by atoms with Crippen molar-refractivity contribution in [2.24, 2.45) is 0 Å². The Morgan fingerprint density at radius 2 is 1.62 bits per heavy atom. The smallest absolute Gasteiger partial charge is 0.258 e. The normalized spacial score (nSPS) is 18.0. The van der Waals surface area contributed by atoms with Crippen LogP contribution in [-0.2, 0) is 23.0 Å². The Bertz CT molecular complexity index is 981. The van der Waals surface area contributed by atoms with Crippen LogP contribution < -0.4 is 4.90 Å². The summed E-state index contributed by atoms with van der Waals surface area (Å²) in [5.74, 6) is 0.198. The summed E-state index contributed by atoms with van der Waals surface area (Å²) in [5, 5.41) is 0. The Morgan fingerprint density at radius 3 is 2.31 bits per heavy atom. The molecule has 154 valence electrons. The standard InChI is InChI=1S/C22H27N3O3S/c1-2-29(27,28)24-15-13-23(14-16-24)17-18-7-9-20(10-8-18)22(26)25-12-11-19-5-3-4-6-21(19)25/h3-10H,2,11-17H2,1H3. The number of anilines is 1. The monoisotopic (exact) mass is 413 g/mol. The van der Waals surface area contributed by atoms with E-state index in [2.05, 4.69) is 11.0 Å². The van der Waals surface area contributed by atoms with E-state index in [0.29, 0.717) is 18.7 Å². The minimum Gasteiger partial charge on any atom is -0.308 e. The van der Waals surface area contributed by atoms with E-state index >= 15 is 0 Å². The van der Waals surface area contributed by atoms with Crippen LogP contribution in [0.3, 0.4) is 0 Å². The highest BCUT2D eigenvalue weighted by atomic mass is 32.2. The van der Waals surface area contributed by atoms with Crippen molar-refractivity contribution in [3.05, 3.63) is 65.2 Å².